The molecule has 0 radical (unpaired) electrons. The van der Waals surface area contributed by atoms with Crippen molar-refractivity contribution in [1.82, 2.24) is 14.5 Å². The first-order chi connectivity index (χ1) is 42.9. The van der Waals surface area contributed by atoms with Crippen LogP contribution in [-0.4, -0.2) is 224 Å². The lowest BCUT2D eigenvalue weighted by molar-refractivity contribution is 0.115. The molecule has 70 heteroatoms. The van der Waals surface area contributed by atoms with Gasteiger partial charge in [0.2, 0.25) is 4.73 Å². The van der Waals surface area contributed by atoms with Gasteiger partial charge in [-0.1, -0.05) is 52.6 Å². The third-order valence-corrected chi connectivity index (χ3v) is 41.3. The van der Waals surface area contributed by atoms with Crippen LogP contribution in [0.1, 0.15) is 31.7 Å². The molecule has 2 heterocycles. The second-order valence-corrected chi connectivity index (χ2v) is 51.1. The Labute approximate surface area is 571 Å². The number of nitrogens with zero attached hydrogens (tertiary/aromatic N) is 3. The average molecular weight is 1810 g/mol. The van der Waals surface area contributed by atoms with Crippen LogP contribution in [-0.2, 0) is 76.9 Å². The Balaban J connectivity index is -0.000000535. The smallest absolute Gasteiger partial charge is 0.368 e. The molecule has 0 spiro atoms. The van der Waals surface area contributed by atoms with E-state index < -0.39 is 173 Å². The number of nitrogens with two attached hydrogens (primary N) is 2. The lowest BCUT2D eigenvalue weighted by Crippen LogP contribution is -2.33. The summed E-state index contributed by atoms with van der Waals surface area (Å²) < 4.78 is 145. The van der Waals surface area contributed by atoms with Gasteiger partial charge in [0.15, 0.2) is 0 Å². The molecule has 99 heavy (non-hydrogen) atoms. The fourth-order valence-corrected chi connectivity index (χ4v) is 20.3. The summed E-state index contributed by atoms with van der Waals surface area (Å²) in [6.07, 6.45) is 3.40. The second kappa shape index (κ2) is 38.3. The minimum Gasteiger partial charge on any atom is -0.368 e. The highest BCUT2D eigenvalue weighted by atomic mass is 35.5. The van der Waals surface area contributed by atoms with E-state index in [2.05, 4.69) is 9.97 Å². The molecule has 0 fully saturated rings. The molecule has 0 saturated heterocycles. The van der Waals surface area contributed by atoms with Crippen molar-refractivity contribution in [3.05, 3.63) is 78.1 Å². The average Bonchev–Trinajstić information content (AvgIpc) is 1.35. The fourth-order valence-electron chi connectivity index (χ4n) is 4.89. The van der Waals surface area contributed by atoms with Gasteiger partial charge in [0.25, 0.3) is 25.4 Å². The highest BCUT2D eigenvalue weighted by Gasteiger charge is 2.63. The Bertz CT molecular complexity index is 3570. The lowest BCUT2D eigenvalue weighted by atomic mass is 10.2. The molecule has 3 aromatic rings. The van der Waals surface area contributed by atoms with Crippen LogP contribution in [0.2, 0.25) is 5.02 Å². The number of benzene rings is 1. The summed E-state index contributed by atoms with van der Waals surface area (Å²) >= 11 is 15.5. The third kappa shape index (κ3) is 32.4. The Morgan fingerprint density at radius 2 is 0.778 bits per heavy atom. The van der Waals surface area contributed by atoms with Crippen LogP contribution in [0.25, 0.3) is 0 Å². The summed E-state index contributed by atoms with van der Waals surface area (Å²) in [6.45, 7) is -1.06. The number of imidazole rings is 1. The molecule has 2 aromatic heterocycles. The van der Waals surface area contributed by atoms with Gasteiger partial charge < -0.3 is 179 Å². The standard InChI is InChI=1S/C7H9ClO6P2S.C7H11NO7P2.C5H10N2O7P2.C4H13NO7P2.C3H11NO7P2.C2H8O7P2.CH4Cl2O6P2/c8-5-1-3-6(4-2-5)17-7(15(9,10)11)16(12,13)14;9-7(16(10,11)12,17(13,14)15)4-6-2-1-3-8-5-6;8-5(15(9,10)11,16(12,13)14)3-7-2-1-6-4-7;5-3-1-2-4(6,13(7,8)9)14(10,11)12;4-2-1-3(5,12(6,7)8)13(9,10)11;1-2(3,10(4,5)6)11(7,8)9;2-1(3,10(4,5)6)11(7,8)9/h1-4,7H,(H2,9,10,11)(H2,12,13,14);1-3,5,9H,4H2,(H2,10,11,12)(H2,13,14,15);1-2,4,8H,3H2,(H2,9,10,11)(H2,12,13,14);6H,1-3,5H2,(H2,7,8,9)(H2,10,11,12);5H,1-2,4H2,(H2,6,7,8)(H2,9,10,11);3H,1H3,(H2,4,5,6)(H2,7,8,9);(H2,4,5,6)(H2,7,8,9). The minimum absolute atomic E-state index is 0.0394. The van der Waals surface area contributed by atoms with E-state index in [1.165, 1.54) is 55.0 Å². The molecule has 52 nitrogen and oxygen atoms in total. The second-order valence-electron chi connectivity index (χ2n) is 18.4. The molecule has 0 amide bonds. The molecule has 37 N–H and O–H groups in total. The largest absolute Gasteiger partial charge is 0.373 e. The molecule has 586 valence electrons. The predicted molar refractivity (Wildman–Crippen MR) is 337 cm³/mol. The Morgan fingerprint density at radius 1 is 0.444 bits per heavy atom. The Morgan fingerprint density at radius 3 is 0.990 bits per heavy atom. The van der Waals surface area contributed by atoms with Gasteiger partial charge >= 0.3 is 110 Å². The molecule has 0 atom stereocenters. The number of aliphatic hydroxyl groups is 5. The number of hydrogen-bond donors (Lipinski definition) is 35. The summed E-state index contributed by atoms with van der Waals surface area (Å²) in [5, 5.41) is 29.6. The van der Waals surface area contributed by atoms with E-state index in [0.717, 1.165) is 17.1 Å². The molecule has 1 aromatic carbocycles. The number of aromatic nitrogens is 3. The van der Waals surface area contributed by atoms with Crippen molar-refractivity contribution in [2.45, 2.75) is 78.0 Å². The van der Waals surface area contributed by atoms with Crippen LogP contribution in [0.5, 0.6) is 0 Å². The monoisotopic (exact) mass is 1810 g/mol. The number of hydrogen-bond acceptors (Lipinski definition) is 24. The summed E-state index contributed by atoms with van der Waals surface area (Å²) in [4.78, 5) is 248. The zero-order valence-corrected chi connectivity index (χ0v) is 63.8. The van der Waals surface area contributed by atoms with Gasteiger partial charge in [-0.15, -0.1) is 0 Å². The van der Waals surface area contributed by atoms with Crippen molar-refractivity contribution < 1.29 is 226 Å². The number of alkyl halides is 2. The van der Waals surface area contributed by atoms with Crippen molar-refractivity contribution in [1.29, 1.82) is 0 Å². The molecule has 0 unspecified atom stereocenters. The van der Waals surface area contributed by atoms with Gasteiger partial charge in [0.1, 0.15) is 0 Å². The van der Waals surface area contributed by atoms with Crippen LogP contribution >= 0.6 is 153 Å². The first kappa shape index (κ1) is 106. The van der Waals surface area contributed by atoms with Crippen LogP contribution < -0.4 is 11.5 Å². The Hall–Kier alpha value is 0.620. The summed E-state index contributed by atoms with van der Waals surface area (Å²) in [7, 11) is -73.5. The molecule has 0 bridgehead atoms. The van der Waals surface area contributed by atoms with E-state index in [0.29, 0.717) is 28.6 Å². The highest BCUT2D eigenvalue weighted by Crippen LogP contribution is 2.75. The van der Waals surface area contributed by atoms with E-state index in [9.17, 15) is 79.2 Å². The van der Waals surface area contributed by atoms with Crippen molar-refractivity contribution in [3.63, 3.8) is 0 Å². The maximum atomic E-state index is 11.0. The first-order valence-electron chi connectivity index (χ1n) is 23.3. The van der Waals surface area contributed by atoms with Gasteiger partial charge in [0, 0.05) is 54.0 Å². The predicted octanol–water partition coefficient (Wildman–Crippen LogP) is -2.92. The minimum atomic E-state index is -5.41. The number of pyridine rings is 1. The van der Waals surface area contributed by atoms with E-state index in [1.54, 1.807) is 0 Å². The molecular weight excluding hydrogens is 1740 g/mol. The maximum absolute atomic E-state index is 11.0. The molecule has 0 aliphatic rings. The molecule has 0 saturated carbocycles. The topological polar surface area (TPSA) is 989 Å². The SMILES string of the molecule is CC(O)(P(=O)(O)O)P(=O)(O)O.NCCC(O)(P(=O)(O)O)P(=O)(O)O.NCCCC(O)(P(=O)(O)O)P(=O)(O)O.O=P(O)(O)C(Cl)(Cl)P(=O)(O)O.O=P(O)(O)C(O)(Cc1cccnc1)P(=O)(O)O.O=P(O)(O)C(O)(Cn1ccnc1)P(=O)(O)O.O=P(O)(O)C(Sc1ccc(Cl)cc1)P(=O)(O)O. The van der Waals surface area contributed by atoms with E-state index in [-0.39, 0.29) is 18.5 Å². The van der Waals surface area contributed by atoms with Gasteiger partial charge in [-0.3, -0.25) is 68.9 Å². The van der Waals surface area contributed by atoms with E-state index >= 15 is 0 Å². The van der Waals surface area contributed by atoms with Crippen molar-refractivity contribution in [3.8, 4) is 0 Å². The lowest BCUT2D eigenvalue weighted by Gasteiger charge is -2.29. The third-order valence-electron chi connectivity index (χ3n) is 10.5. The fraction of sp³-hybridized carbons (Fsp3) is 0.517. The normalized spacial score (nSPS) is 14.2. The summed E-state index contributed by atoms with van der Waals surface area (Å²) in [5.41, 5.74) is 9.97. The van der Waals surface area contributed by atoms with Gasteiger partial charge in [-0.2, -0.15) is 0 Å². The highest BCUT2D eigenvalue weighted by molar-refractivity contribution is 8.12. The molecule has 3 rings (SSSR count). The summed E-state index contributed by atoms with van der Waals surface area (Å²) in [5.74, 6) is 0. The molecule has 0 aliphatic heterocycles. The van der Waals surface area contributed by atoms with Crippen molar-refractivity contribution >= 4 is 153 Å². The van der Waals surface area contributed by atoms with Crippen molar-refractivity contribution in [2.24, 2.45) is 11.5 Å². The Kier molecular flexibility index (Phi) is 41.0. The first-order valence-corrected chi connectivity index (χ1v) is 48.1. The van der Waals surface area contributed by atoms with E-state index in [4.69, 9.17) is 193 Å². The van der Waals surface area contributed by atoms with Crippen LogP contribution in [0.3, 0.4) is 0 Å². The zero-order chi connectivity index (χ0) is 80.7. The number of thioether (sulfide) groups is 1. The van der Waals surface area contributed by atoms with Crippen LogP contribution in [0.15, 0.2) is 72.4 Å². The summed E-state index contributed by atoms with van der Waals surface area (Å²) in [6, 6.07) is 8.51. The van der Waals surface area contributed by atoms with Gasteiger partial charge in [-0.25, -0.2) is 4.98 Å². The quantitative estimate of drug-likeness (QED) is 0.0230. The van der Waals surface area contributed by atoms with E-state index in [1.807, 2.05) is 0 Å². The van der Waals surface area contributed by atoms with Gasteiger partial charge in [0.05, 0.1) is 12.9 Å². The molecular formula is C29H66Cl3N5O47P14S. The zero-order valence-electron chi connectivity index (χ0n) is 48.2. The maximum Gasteiger partial charge on any atom is 0.373 e. The van der Waals surface area contributed by atoms with Crippen molar-refractivity contribution in [2.75, 3.05) is 13.1 Å². The molecule has 0 aliphatic carbocycles. The number of rotatable bonds is 25. The number of halogens is 3. The van der Waals surface area contributed by atoms with Gasteiger partial charge in [-0.05, 0) is 62.3 Å². The van der Waals surface area contributed by atoms with Crippen LogP contribution in [0.4, 0.5) is 0 Å². The van der Waals surface area contributed by atoms with Crippen LogP contribution in [0, 0.1) is 0 Å².